The van der Waals surface area contributed by atoms with Gasteiger partial charge < -0.3 is 47.8 Å². The van der Waals surface area contributed by atoms with Crippen LogP contribution < -0.4 is 38.2 Å². The van der Waals surface area contributed by atoms with E-state index in [9.17, 15) is 19.2 Å². The van der Waals surface area contributed by atoms with E-state index in [1.807, 2.05) is 0 Å². The van der Waals surface area contributed by atoms with E-state index in [1.165, 1.54) is 54.9 Å². The van der Waals surface area contributed by atoms with Crippen molar-refractivity contribution in [3.63, 3.8) is 0 Å². The molecule has 3 amide bonds. The number of thiol groups is 1. The summed E-state index contributed by atoms with van der Waals surface area (Å²) >= 11 is 1.29. The predicted molar refractivity (Wildman–Crippen MR) is 209 cm³/mol. The summed E-state index contributed by atoms with van der Waals surface area (Å²) in [6, 6.07) is 33.2. The Labute approximate surface area is 335 Å². The van der Waals surface area contributed by atoms with E-state index in [0.717, 1.165) is 44.3 Å². The Kier molecular flexibility index (Phi) is 25.8. The molecule has 0 saturated carbocycles. The van der Waals surface area contributed by atoms with Gasteiger partial charge in [-0.3, -0.25) is 4.79 Å². The molecule has 3 aromatic carbocycles. The molecular formula is C39H50BrN4O5PSTc+. The normalized spacial score (nSPS) is 10.4. The summed E-state index contributed by atoms with van der Waals surface area (Å²) < 4.78 is 8.22. The summed E-state index contributed by atoms with van der Waals surface area (Å²) in [7, 11) is -1.75. The number of nitrogens with one attached hydrogen (secondary N) is 1. The number of hydrogen-bond acceptors (Lipinski definition) is 5. The molecule has 3 aromatic rings. The van der Waals surface area contributed by atoms with Gasteiger partial charge in [-0.2, -0.15) is 5.70 Å². The van der Waals surface area contributed by atoms with Crippen LogP contribution in [0.4, 0.5) is 0 Å². The van der Waals surface area contributed by atoms with Crippen LogP contribution >= 0.6 is 7.26 Å². The molecule has 0 aliphatic carbocycles. The standard InChI is InChI=1S/C39H51N4O4PS.BrH.O.Tc/c1-32(28-42-39(47)31-49-33(2)44)41-29-38(46)43-30-37(45)40-26-18-7-5-3-4-6-8-19-27-48(34-20-12-9-13-21-34,35-22-14-10-15-23-35)36-24-16-11-17-25-36;;;/h9-17,20-25H,1,3-8,18-19,26-31H2,2H3,(H3,40,42,43,45,46,47);1H;;/q;;;+3/p-2. The van der Waals surface area contributed by atoms with Crippen molar-refractivity contribution in [2.75, 3.05) is 38.1 Å². The predicted octanol–water partition coefficient (Wildman–Crippen LogP) is 3.15. The first kappa shape index (κ1) is 47.0. The van der Waals surface area contributed by atoms with Crippen molar-refractivity contribution in [3.8, 4) is 0 Å². The van der Waals surface area contributed by atoms with Gasteiger partial charge >= 0.3 is 27.5 Å². The SMILES string of the molecule is C=C(C[N-]C(=O)C[SH+]C(C)=O)[N-]CC(=O)[N-]CC(=O)NCCCCCCCCCC[P+](c1ccccc1)(c1ccccc1)c1ccccc1.[Br-].[O]=[Tc+3]. The number of rotatable bonds is 23. The quantitative estimate of drug-likeness (QED) is 0.0675. The van der Waals surface area contributed by atoms with E-state index in [-0.39, 0.29) is 59.1 Å². The minimum atomic E-state index is -1.75. The van der Waals surface area contributed by atoms with Crippen LogP contribution in [-0.2, 0) is 53.3 Å². The molecule has 0 unspecified atom stereocenters. The van der Waals surface area contributed by atoms with Crippen molar-refractivity contribution in [2.45, 2.75) is 58.3 Å². The average molecular weight is 896 g/mol. The number of nitrogens with zero attached hydrogens (tertiary/aromatic N) is 3. The molecule has 0 saturated heterocycles. The molecule has 0 heterocycles. The molecular weight excluding hydrogens is 845 g/mol. The third kappa shape index (κ3) is 18.2. The van der Waals surface area contributed by atoms with Gasteiger partial charge in [0.15, 0.2) is 5.75 Å². The van der Waals surface area contributed by atoms with Crippen LogP contribution in [0.5, 0.6) is 0 Å². The van der Waals surface area contributed by atoms with E-state index in [2.05, 4.69) is 119 Å². The number of carbonyl (C=O) groups is 4. The maximum absolute atomic E-state index is 12.1. The first-order chi connectivity index (χ1) is 24.8. The van der Waals surface area contributed by atoms with Gasteiger partial charge in [0.05, 0.1) is 17.9 Å². The molecule has 1 N–H and O–H groups in total. The molecule has 0 bridgehead atoms. The number of amides is 3. The van der Waals surface area contributed by atoms with Gasteiger partial charge in [0.1, 0.15) is 29.1 Å². The molecule has 13 heteroatoms. The zero-order valence-corrected chi connectivity index (χ0v) is 35.0. The Morgan fingerprint density at radius 3 is 1.56 bits per heavy atom. The molecule has 0 aromatic heterocycles. The monoisotopic (exact) mass is 893 g/mol. The number of hydrogen-bond donors (Lipinski definition) is 1. The van der Waals surface area contributed by atoms with Gasteiger partial charge in [0.25, 0.3) is 0 Å². The number of benzene rings is 3. The van der Waals surface area contributed by atoms with Crippen molar-refractivity contribution in [2.24, 2.45) is 0 Å². The molecule has 0 fully saturated rings. The summed E-state index contributed by atoms with van der Waals surface area (Å²) in [6.07, 6.45) is 10.2. The Morgan fingerprint density at radius 2 is 1.08 bits per heavy atom. The second-order valence-corrected chi connectivity index (χ2v) is 16.7. The summed E-state index contributed by atoms with van der Waals surface area (Å²) in [5, 5.41) is 18.5. The summed E-state index contributed by atoms with van der Waals surface area (Å²) in [5.74, 6) is -1.22. The first-order valence-electron chi connectivity index (χ1n) is 17.2. The first-order valence-corrected chi connectivity index (χ1v) is 21.0. The van der Waals surface area contributed by atoms with Crippen molar-refractivity contribution in [1.82, 2.24) is 5.32 Å². The Bertz CT molecular complexity index is 1400. The van der Waals surface area contributed by atoms with Crippen LogP contribution in [0.25, 0.3) is 16.0 Å². The molecule has 9 nitrogen and oxygen atoms in total. The van der Waals surface area contributed by atoms with Gasteiger partial charge in [-0.1, -0.05) is 93.2 Å². The molecule has 280 valence electrons. The zero-order valence-electron chi connectivity index (χ0n) is 29.8. The molecule has 0 radical (unpaired) electrons. The molecule has 0 spiro atoms. The van der Waals surface area contributed by atoms with E-state index >= 15 is 0 Å². The topological polar surface area (TPSA) is 140 Å². The Morgan fingerprint density at radius 1 is 0.635 bits per heavy atom. The summed E-state index contributed by atoms with van der Waals surface area (Å²) in [6.45, 7) is 5.09. The van der Waals surface area contributed by atoms with Gasteiger partial charge in [-0.15, -0.1) is 13.1 Å². The van der Waals surface area contributed by atoms with Crippen LogP contribution in [-0.4, -0.2) is 60.9 Å². The van der Waals surface area contributed by atoms with Gasteiger partial charge in [0, 0.05) is 19.4 Å². The fraction of sp³-hybridized carbons (Fsp3) is 0.385. The van der Waals surface area contributed by atoms with Crippen LogP contribution in [0.15, 0.2) is 103 Å². The van der Waals surface area contributed by atoms with Crippen molar-refractivity contribution < 1.29 is 58.5 Å². The second kappa shape index (κ2) is 28.5. The Hall–Kier alpha value is -3.01. The minimum absolute atomic E-state index is 0. The fourth-order valence-corrected chi connectivity index (χ4v) is 10.4. The third-order valence-electron chi connectivity index (χ3n) is 8.05. The molecule has 0 aliphatic rings. The molecule has 3 rings (SSSR count). The van der Waals surface area contributed by atoms with E-state index in [4.69, 9.17) is 3.50 Å². The van der Waals surface area contributed by atoms with Crippen molar-refractivity contribution in [3.05, 3.63) is 119 Å². The van der Waals surface area contributed by atoms with Gasteiger partial charge in [-0.25, -0.2) is 4.79 Å². The number of halogens is 1. The average Bonchev–Trinajstić information content (AvgIpc) is 3.17. The van der Waals surface area contributed by atoms with Crippen molar-refractivity contribution >= 4 is 57.8 Å². The van der Waals surface area contributed by atoms with Crippen LogP contribution in [0.1, 0.15) is 58.3 Å². The fourth-order valence-electron chi connectivity index (χ4n) is 5.55. The zero-order chi connectivity index (χ0) is 37.2. The van der Waals surface area contributed by atoms with Crippen molar-refractivity contribution in [1.29, 1.82) is 0 Å². The van der Waals surface area contributed by atoms with Crippen LogP contribution in [0.2, 0.25) is 0 Å². The molecule has 52 heavy (non-hydrogen) atoms. The van der Waals surface area contributed by atoms with Gasteiger partial charge in [-0.05, 0) is 62.2 Å². The number of unbranched alkanes of at least 4 members (excludes halogenated alkanes) is 7. The van der Waals surface area contributed by atoms with Gasteiger partial charge in [0.2, 0.25) is 5.91 Å². The van der Waals surface area contributed by atoms with E-state index < -0.39 is 19.1 Å². The maximum atomic E-state index is 12.1. The summed E-state index contributed by atoms with van der Waals surface area (Å²) in [4.78, 5) is 46.5. The molecule has 0 aliphatic heterocycles. The number of carbonyl (C=O) groups excluding carboxylic acids is 4. The van der Waals surface area contributed by atoms with E-state index in [1.54, 1.807) is 0 Å². The van der Waals surface area contributed by atoms with Crippen LogP contribution in [0.3, 0.4) is 0 Å². The van der Waals surface area contributed by atoms with E-state index in [0.29, 0.717) is 18.3 Å². The molecule has 0 atom stereocenters. The second-order valence-electron chi connectivity index (χ2n) is 11.9. The van der Waals surface area contributed by atoms with Crippen LogP contribution in [0, 0.1) is 0 Å². The Balaban J connectivity index is 0.00000443. The summed E-state index contributed by atoms with van der Waals surface area (Å²) in [5.41, 5.74) is 0.262. The third-order valence-corrected chi connectivity index (χ3v) is 13.4.